The van der Waals surface area contributed by atoms with Crippen LogP contribution in [0, 0.1) is 12.8 Å². The lowest BCUT2D eigenvalue weighted by Crippen LogP contribution is -2.16. The van der Waals surface area contributed by atoms with Gasteiger partial charge in [-0.15, -0.1) is 0 Å². The van der Waals surface area contributed by atoms with E-state index in [9.17, 15) is 0 Å². The largest absolute Gasteiger partial charge is 0.396 e. The van der Waals surface area contributed by atoms with Crippen molar-refractivity contribution in [3.8, 4) is 0 Å². The Morgan fingerprint density at radius 1 is 1.43 bits per heavy atom. The van der Waals surface area contributed by atoms with E-state index in [4.69, 9.17) is 5.11 Å². The molecule has 1 aromatic carbocycles. The fraction of sp³-hybridized carbons (Fsp3) is 0.538. The minimum Gasteiger partial charge on any atom is -0.396 e. The summed E-state index contributed by atoms with van der Waals surface area (Å²) in [6.45, 7) is 2.53. The van der Waals surface area contributed by atoms with Gasteiger partial charge in [-0.3, -0.25) is 0 Å². The van der Waals surface area contributed by atoms with E-state index >= 15 is 0 Å². The van der Waals surface area contributed by atoms with Crippen LogP contribution in [0.3, 0.4) is 0 Å². The van der Waals surface area contributed by atoms with Crippen molar-refractivity contribution in [2.24, 2.45) is 5.92 Å². The number of fused-ring (bicyclic) bond motifs is 1. The molecule has 0 heterocycles. The quantitative estimate of drug-likeness (QED) is 0.759. The third kappa shape index (κ3) is 1.83. The molecule has 1 aliphatic rings. The summed E-state index contributed by atoms with van der Waals surface area (Å²) >= 11 is 0. The van der Waals surface area contributed by atoms with Crippen molar-refractivity contribution in [2.75, 3.05) is 6.61 Å². The fourth-order valence-electron chi connectivity index (χ4n) is 2.47. The van der Waals surface area contributed by atoms with Crippen LogP contribution in [-0.4, -0.2) is 11.7 Å². The summed E-state index contributed by atoms with van der Waals surface area (Å²) in [5, 5.41) is 8.94. The minimum atomic E-state index is 0.339. The maximum atomic E-state index is 8.94. The van der Waals surface area contributed by atoms with E-state index in [2.05, 4.69) is 25.1 Å². The molecule has 0 fully saturated rings. The van der Waals surface area contributed by atoms with Gasteiger partial charge in [-0.2, -0.15) is 0 Å². The van der Waals surface area contributed by atoms with E-state index in [0.717, 1.165) is 6.42 Å². The molecule has 1 heteroatoms. The molecular formula is C13H18O. The highest BCUT2D eigenvalue weighted by Crippen LogP contribution is 2.29. The number of aliphatic hydroxyl groups excluding tert-OH is 1. The Morgan fingerprint density at radius 3 is 3.07 bits per heavy atom. The zero-order chi connectivity index (χ0) is 9.97. The average Bonchev–Trinajstić information content (AvgIpc) is 2.20. The fourth-order valence-corrected chi connectivity index (χ4v) is 2.47. The summed E-state index contributed by atoms with van der Waals surface area (Å²) < 4.78 is 0. The molecule has 0 saturated heterocycles. The van der Waals surface area contributed by atoms with Gasteiger partial charge < -0.3 is 5.11 Å². The molecule has 0 spiro atoms. The molecule has 0 aliphatic heterocycles. The van der Waals surface area contributed by atoms with E-state index in [0.29, 0.717) is 12.5 Å². The molecule has 2 rings (SSSR count). The summed E-state index contributed by atoms with van der Waals surface area (Å²) in [6, 6.07) is 6.60. The van der Waals surface area contributed by atoms with Gasteiger partial charge in [0.2, 0.25) is 0 Å². The molecule has 0 saturated carbocycles. The van der Waals surface area contributed by atoms with Crippen LogP contribution in [0.15, 0.2) is 18.2 Å². The van der Waals surface area contributed by atoms with Gasteiger partial charge in [0.15, 0.2) is 0 Å². The molecular weight excluding hydrogens is 172 g/mol. The van der Waals surface area contributed by atoms with Crippen LogP contribution in [0.1, 0.15) is 29.5 Å². The molecule has 14 heavy (non-hydrogen) atoms. The number of benzene rings is 1. The third-order valence-electron chi connectivity index (χ3n) is 3.36. The number of aliphatic hydroxyl groups is 1. The standard InChI is InChI=1S/C13H18O/c1-10-3-2-4-12-6-5-11(7-8-14)9-13(10)12/h2-4,11,14H,5-9H2,1H3. The zero-order valence-corrected chi connectivity index (χ0v) is 8.79. The molecule has 0 aromatic heterocycles. The van der Waals surface area contributed by atoms with Crippen LogP contribution in [0.5, 0.6) is 0 Å². The highest BCUT2D eigenvalue weighted by Gasteiger charge is 2.18. The van der Waals surface area contributed by atoms with Gasteiger partial charge in [0.1, 0.15) is 0 Å². The second-order valence-electron chi connectivity index (χ2n) is 4.33. The van der Waals surface area contributed by atoms with Crippen LogP contribution in [-0.2, 0) is 12.8 Å². The van der Waals surface area contributed by atoms with E-state index in [1.54, 1.807) is 0 Å². The van der Waals surface area contributed by atoms with Crippen LogP contribution >= 0.6 is 0 Å². The second-order valence-corrected chi connectivity index (χ2v) is 4.33. The Hall–Kier alpha value is -0.820. The predicted molar refractivity (Wildman–Crippen MR) is 58.4 cm³/mol. The van der Waals surface area contributed by atoms with Crippen molar-refractivity contribution in [1.82, 2.24) is 0 Å². The highest BCUT2D eigenvalue weighted by molar-refractivity contribution is 5.36. The van der Waals surface area contributed by atoms with Gasteiger partial charge in [-0.05, 0) is 55.2 Å². The molecule has 0 bridgehead atoms. The van der Waals surface area contributed by atoms with Crippen molar-refractivity contribution in [2.45, 2.75) is 32.6 Å². The topological polar surface area (TPSA) is 20.2 Å². The van der Waals surface area contributed by atoms with E-state index in [1.807, 2.05) is 0 Å². The van der Waals surface area contributed by atoms with Crippen molar-refractivity contribution in [3.05, 3.63) is 34.9 Å². The Labute approximate surface area is 85.8 Å². The predicted octanol–water partition coefficient (Wildman–Crippen LogP) is 2.48. The van der Waals surface area contributed by atoms with Gasteiger partial charge >= 0.3 is 0 Å². The lowest BCUT2D eigenvalue weighted by atomic mass is 9.81. The van der Waals surface area contributed by atoms with Crippen LogP contribution < -0.4 is 0 Å². The first-order valence-electron chi connectivity index (χ1n) is 5.49. The summed E-state index contributed by atoms with van der Waals surface area (Å²) in [5.41, 5.74) is 4.49. The number of hydrogen-bond acceptors (Lipinski definition) is 1. The first-order chi connectivity index (χ1) is 6.81. The van der Waals surface area contributed by atoms with E-state index < -0.39 is 0 Å². The Balaban J connectivity index is 2.20. The zero-order valence-electron chi connectivity index (χ0n) is 8.79. The van der Waals surface area contributed by atoms with E-state index in [-0.39, 0.29) is 0 Å². The third-order valence-corrected chi connectivity index (χ3v) is 3.36. The van der Waals surface area contributed by atoms with Crippen LogP contribution in [0.25, 0.3) is 0 Å². The summed E-state index contributed by atoms with van der Waals surface area (Å²) in [6.07, 6.45) is 4.58. The summed E-state index contributed by atoms with van der Waals surface area (Å²) in [5.74, 6) is 0.702. The Kier molecular flexibility index (Phi) is 2.87. The molecule has 0 amide bonds. The molecule has 1 unspecified atom stereocenters. The lowest BCUT2D eigenvalue weighted by Gasteiger charge is -2.25. The molecule has 1 N–H and O–H groups in total. The SMILES string of the molecule is Cc1cccc2c1CC(CCO)CC2. The maximum Gasteiger partial charge on any atom is 0.0433 e. The van der Waals surface area contributed by atoms with Gasteiger partial charge in [0.05, 0.1) is 0 Å². The van der Waals surface area contributed by atoms with Crippen molar-refractivity contribution in [3.63, 3.8) is 0 Å². The van der Waals surface area contributed by atoms with Gasteiger partial charge in [-0.1, -0.05) is 18.2 Å². The van der Waals surface area contributed by atoms with Gasteiger partial charge in [-0.25, -0.2) is 0 Å². The van der Waals surface area contributed by atoms with Gasteiger partial charge in [0, 0.05) is 6.61 Å². The second kappa shape index (κ2) is 4.14. The van der Waals surface area contributed by atoms with Crippen molar-refractivity contribution >= 4 is 0 Å². The summed E-state index contributed by atoms with van der Waals surface area (Å²) in [7, 11) is 0. The average molecular weight is 190 g/mol. The molecule has 0 radical (unpaired) electrons. The number of aryl methyl sites for hydroxylation is 2. The smallest absolute Gasteiger partial charge is 0.0433 e. The molecule has 76 valence electrons. The number of hydrogen-bond donors (Lipinski definition) is 1. The number of rotatable bonds is 2. The monoisotopic (exact) mass is 190 g/mol. The van der Waals surface area contributed by atoms with Crippen LogP contribution in [0.2, 0.25) is 0 Å². The van der Waals surface area contributed by atoms with Crippen molar-refractivity contribution < 1.29 is 5.11 Å². The Morgan fingerprint density at radius 2 is 2.29 bits per heavy atom. The summed E-state index contributed by atoms with van der Waals surface area (Å²) in [4.78, 5) is 0. The van der Waals surface area contributed by atoms with E-state index in [1.165, 1.54) is 36.0 Å². The van der Waals surface area contributed by atoms with Crippen LogP contribution in [0.4, 0.5) is 0 Å². The Bertz CT molecular complexity index is 317. The molecule has 1 atom stereocenters. The van der Waals surface area contributed by atoms with Gasteiger partial charge in [0.25, 0.3) is 0 Å². The first-order valence-corrected chi connectivity index (χ1v) is 5.49. The molecule has 1 nitrogen and oxygen atoms in total. The highest BCUT2D eigenvalue weighted by atomic mass is 16.3. The lowest BCUT2D eigenvalue weighted by molar-refractivity contribution is 0.248. The normalized spacial score (nSPS) is 20.6. The molecule has 1 aromatic rings. The minimum absolute atomic E-state index is 0.339. The van der Waals surface area contributed by atoms with Crippen molar-refractivity contribution in [1.29, 1.82) is 0 Å². The first kappa shape index (κ1) is 9.72. The molecule has 1 aliphatic carbocycles. The maximum absolute atomic E-state index is 8.94.